The van der Waals surface area contributed by atoms with Gasteiger partial charge in [0.15, 0.2) is 0 Å². The first kappa shape index (κ1) is 12.7. The van der Waals surface area contributed by atoms with Crippen LogP contribution in [0.2, 0.25) is 10.2 Å². The molecule has 1 amide bonds. The molecule has 0 saturated carbocycles. The lowest BCUT2D eigenvalue weighted by Gasteiger charge is -2.06. The molecule has 1 aromatic carbocycles. The predicted octanol–water partition coefficient (Wildman–Crippen LogP) is 4.44. The number of furan rings is 1. The number of carbonyl (C=O) groups excluding carboxylic acids is 1. The molecule has 0 atom stereocenters. The molecule has 0 saturated heterocycles. The SMILES string of the molecule is O=C(Nc1ccc(I)cc1Cl)c1ccoc1Cl. The van der Waals surface area contributed by atoms with E-state index in [1.807, 2.05) is 6.07 Å². The van der Waals surface area contributed by atoms with Gasteiger partial charge in [0, 0.05) is 3.57 Å². The number of hydrogen-bond donors (Lipinski definition) is 1. The molecular formula is C11H6Cl2INO2. The van der Waals surface area contributed by atoms with Gasteiger partial charge in [-0.1, -0.05) is 11.6 Å². The van der Waals surface area contributed by atoms with Gasteiger partial charge in [0.1, 0.15) is 0 Å². The summed E-state index contributed by atoms with van der Waals surface area (Å²) in [6.45, 7) is 0. The molecule has 0 aliphatic rings. The Morgan fingerprint density at radius 3 is 2.65 bits per heavy atom. The molecule has 1 heterocycles. The molecule has 17 heavy (non-hydrogen) atoms. The van der Waals surface area contributed by atoms with Crippen molar-refractivity contribution in [3.05, 3.63) is 49.9 Å². The molecule has 0 aliphatic heterocycles. The van der Waals surface area contributed by atoms with Gasteiger partial charge in [-0.05, 0) is 58.5 Å². The summed E-state index contributed by atoms with van der Waals surface area (Å²) >= 11 is 13.8. The van der Waals surface area contributed by atoms with E-state index in [0.717, 1.165) is 3.57 Å². The van der Waals surface area contributed by atoms with Crippen molar-refractivity contribution in [1.29, 1.82) is 0 Å². The maximum Gasteiger partial charge on any atom is 0.260 e. The minimum absolute atomic E-state index is 0.0594. The van der Waals surface area contributed by atoms with Gasteiger partial charge in [-0.15, -0.1) is 0 Å². The summed E-state index contributed by atoms with van der Waals surface area (Å²) in [6.07, 6.45) is 1.35. The molecule has 3 nitrogen and oxygen atoms in total. The van der Waals surface area contributed by atoms with Gasteiger partial charge < -0.3 is 9.73 Å². The van der Waals surface area contributed by atoms with Gasteiger partial charge in [-0.25, -0.2) is 0 Å². The van der Waals surface area contributed by atoms with Crippen molar-refractivity contribution in [3.8, 4) is 0 Å². The van der Waals surface area contributed by atoms with Crippen LogP contribution in [0.4, 0.5) is 5.69 Å². The lowest BCUT2D eigenvalue weighted by Crippen LogP contribution is -2.11. The number of amides is 1. The van der Waals surface area contributed by atoms with Crippen molar-refractivity contribution in [2.24, 2.45) is 0 Å². The van der Waals surface area contributed by atoms with E-state index in [9.17, 15) is 4.79 Å². The fraction of sp³-hybridized carbons (Fsp3) is 0. The third-order valence-corrected chi connectivity index (χ3v) is 3.32. The zero-order valence-corrected chi connectivity index (χ0v) is 12.0. The molecule has 0 radical (unpaired) electrons. The maximum absolute atomic E-state index is 11.8. The van der Waals surface area contributed by atoms with Crippen LogP contribution in [0.3, 0.4) is 0 Å². The van der Waals surface area contributed by atoms with Crippen LogP contribution in [-0.2, 0) is 0 Å². The largest absolute Gasteiger partial charge is 0.452 e. The number of carbonyl (C=O) groups is 1. The van der Waals surface area contributed by atoms with Crippen LogP contribution in [0.5, 0.6) is 0 Å². The first-order chi connectivity index (χ1) is 8.08. The van der Waals surface area contributed by atoms with Crippen molar-refractivity contribution in [3.63, 3.8) is 0 Å². The minimum atomic E-state index is -0.355. The lowest BCUT2D eigenvalue weighted by molar-refractivity contribution is 0.102. The van der Waals surface area contributed by atoms with Crippen molar-refractivity contribution in [1.82, 2.24) is 0 Å². The summed E-state index contributed by atoms with van der Waals surface area (Å²) in [7, 11) is 0. The molecule has 0 fully saturated rings. The minimum Gasteiger partial charge on any atom is -0.452 e. The summed E-state index contributed by atoms with van der Waals surface area (Å²) in [5, 5.41) is 3.20. The Kier molecular flexibility index (Phi) is 3.96. The summed E-state index contributed by atoms with van der Waals surface area (Å²) in [5.74, 6) is -0.355. The number of benzene rings is 1. The van der Waals surface area contributed by atoms with Crippen LogP contribution in [-0.4, -0.2) is 5.91 Å². The Morgan fingerprint density at radius 1 is 1.29 bits per heavy atom. The van der Waals surface area contributed by atoms with Crippen LogP contribution in [0, 0.1) is 3.57 Å². The van der Waals surface area contributed by atoms with Gasteiger partial charge >= 0.3 is 0 Å². The van der Waals surface area contributed by atoms with E-state index < -0.39 is 0 Å². The number of nitrogens with one attached hydrogen (secondary N) is 1. The highest BCUT2D eigenvalue weighted by atomic mass is 127. The average Bonchev–Trinajstić information content (AvgIpc) is 2.68. The first-order valence-corrected chi connectivity index (χ1v) is 6.41. The molecule has 1 N–H and O–H groups in total. The summed E-state index contributed by atoms with van der Waals surface area (Å²) < 4.78 is 5.84. The standard InChI is InChI=1S/C11H6Cl2INO2/c12-8-5-6(14)1-2-9(8)15-11(16)7-3-4-17-10(7)13/h1-5H,(H,15,16). The quantitative estimate of drug-likeness (QED) is 0.781. The summed E-state index contributed by atoms with van der Waals surface area (Å²) in [6, 6.07) is 6.84. The lowest BCUT2D eigenvalue weighted by atomic mass is 10.3. The topological polar surface area (TPSA) is 42.2 Å². The van der Waals surface area contributed by atoms with E-state index >= 15 is 0 Å². The normalized spacial score (nSPS) is 10.3. The molecule has 2 aromatic rings. The number of hydrogen-bond acceptors (Lipinski definition) is 2. The number of anilines is 1. The van der Waals surface area contributed by atoms with E-state index in [2.05, 4.69) is 27.9 Å². The van der Waals surface area contributed by atoms with Gasteiger partial charge in [0.05, 0.1) is 22.5 Å². The molecule has 0 spiro atoms. The predicted molar refractivity (Wildman–Crippen MR) is 75.8 cm³/mol. The van der Waals surface area contributed by atoms with E-state index in [-0.39, 0.29) is 16.7 Å². The van der Waals surface area contributed by atoms with Crippen molar-refractivity contribution < 1.29 is 9.21 Å². The third kappa shape index (κ3) is 2.94. The number of halogens is 3. The van der Waals surface area contributed by atoms with E-state index in [1.165, 1.54) is 12.3 Å². The molecule has 2 rings (SSSR count). The van der Waals surface area contributed by atoms with Crippen LogP contribution in [0.1, 0.15) is 10.4 Å². The molecule has 0 aliphatic carbocycles. The molecule has 0 unspecified atom stereocenters. The van der Waals surface area contributed by atoms with Crippen molar-refractivity contribution >= 4 is 57.4 Å². The van der Waals surface area contributed by atoms with Crippen molar-refractivity contribution in [2.45, 2.75) is 0 Å². The maximum atomic E-state index is 11.8. The Balaban J connectivity index is 2.22. The Bertz CT molecular complexity index is 568. The molecular weight excluding hydrogens is 376 g/mol. The second-order valence-electron chi connectivity index (χ2n) is 3.19. The fourth-order valence-corrected chi connectivity index (χ4v) is 2.34. The molecule has 1 aromatic heterocycles. The molecule has 88 valence electrons. The zero-order chi connectivity index (χ0) is 12.4. The van der Waals surface area contributed by atoms with Gasteiger partial charge in [0.2, 0.25) is 5.22 Å². The van der Waals surface area contributed by atoms with Gasteiger partial charge in [0.25, 0.3) is 5.91 Å². The Hall–Kier alpha value is -0.720. The molecule has 6 heteroatoms. The second-order valence-corrected chi connectivity index (χ2v) is 5.18. The smallest absolute Gasteiger partial charge is 0.260 e. The average molecular weight is 382 g/mol. The zero-order valence-electron chi connectivity index (χ0n) is 8.34. The van der Waals surface area contributed by atoms with Crippen LogP contribution in [0.25, 0.3) is 0 Å². The van der Waals surface area contributed by atoms with Crippen LogP contribution in [0.15, 0.2) is 34.9 Å². The van der Waals surface area contributed by atoms with Crippen LogP contribution >= 0.6 is 45.8 Å². The summed E-state index contributed by atoms with van der Waals surface area (Å²) in [5.41, 5.74) is 0.815. The second kappa shape index (κ2) is 5.29. The highest BCUT2D eigenvalue weighted by Gasteiger charge is 2.14. The van der Waals surface area contributed by atoms with Crippen molar-refractivity contribution in [2.75, 3.05) is 5.32 Å². The van der Waals surface area contributed by atoms with E-state index in [0.29, 0.717) is 10.7 Å². The summed E-state index contributed by atoms with van der Waals surface area (Å²) in [4.78, 5) is 11.8. The fourth-order valence-electron chi connectivity index (χ4n) is 1.24. The Morgan fingerprint density at radius 2 is 2.06 bits per heavy atom. The van der Waals surface area contributed by atoms with E-state index in [4.69, 9.17) is 27.6 Å². The molecule has 0 bridgehead atoms. The van der Waals surface area contributed by atoms with Gasteiger partial charge in [-0.2, -0.15) is 0 Å². The first-order valence-electron chi connectivity index (χ1n) is 4.57. The monoisotopic (exact) mass is 381 g/mol. The third-order valence-electron chi connectivity index (χ3n) is 2.04. The Labute approximate surface area is 121 Å². The number of rotatable bonds is 2. The highest BCUT2D eigenvalue weighted by molar-refractivity contribution is 14.1. The van der Waals surface area contributed by atoms with E-state index in [1.54, 1.807) is 12.1 Å². The van der Waals surface area contributed by atoms with Gasteiger partial charge in [-0.3, -0.25) is 4.79 Å². The highest BCUT2D eigenvalue weighted by Crippen LogP contribution is 2.25. The van der Waals surface area contributed by atoms with Crippen LogP contribution < -0.4 is 5.32 Å².